The van der Waals surface area contributed by atoms with Crippen molar-refractivity contribution >= 4 is 16.5 Å². The van der Waals surface area contributed by atoms with Crippen molar-refractivity contribution in [2.24, 2.45) is 0 Å². The zero-order valence-electron chi connectivity index (χ0n) is 11.8. The summed E-state index contributed by atoms with van der Waals surface area (Å²) in [4.78, 5) is 6.04. The second-order valence-corrected chi connectivity index (χ2v) is 5.88. The molecule has 0 aliphatic rings. The molecule has 0 aliphatic carbocycles. The molecule has 1 N–H and O–H groups in total. The predicted molar refractivity (Wildman–Crippen MR) is 84.1 cm³/mol. The quantitative estimate of drug-likeness (QED) is 0.807. The second kappa shape index (κ2) is 7.29. The van der Waals surface area contributed by atoms with Crippen LogP contribution in [0.2, 0.25) is 0 Å². The minimum absolute atomic E-state index is 0.949. The fraction of sp³-hybridized carbons (Fsp3) is 0.438. The van der Waals surface area contributed by atoms with Crippen molar-refractivity contribution in [3.8, 4) is 0 Å². The molecule has 19 heavy (non-hydrogen) atoms. The van der Waals surface area contributed by atoms with Crippen LogP contribution < -0.4 is 5.32 Å². The fourth-order valence-corrected chi connectivity index (χ4v) is 3.06. The Morgan fingerprint density at radius 2 is 1.95 bits per heavy atom. The van der Waals surface area contributed by atoms with Crippen LogP contribution in [0.3, 0.4) is 0 Å². The summed E-state index contributed by atoms with van der Waals surface area (Å²) < 4.78 is 0. The number of benzene rings is 1. The lowest BCUT2D eigenvalue weighted by molar-refractivity contribution is 0.798. The first kappa shape index (κ1) is 14.1. The Labute approximate surface area is 119 Å². The van der Waals surface area contributed by atoms with Gasteiger partial charge < -0.3 is 5.32 Å². The third-order valence-electron chi connectivity index (χ3n) is 3.18. The highest BCUT2D eigenvalue weighted by atomic mass is 32.1. The third kappa shape index (κ3) is 4.35. The van der Waals surface area contributed by atoms with Gasteiger partial charge >= 0.3 is 0 Å². The number of aryl methyl sites for hydroxylation is 2. The molecule has 3 heteroatoms. The molecule has 0 atom stereocenters. The van der Waals surface area contributed by atoms with Crippen LogP contribution in [0.15, 0.2) is 30.3 Å². The maximum Gasteiger partial charge on any atom is 0.183 e. The van der Waals surface area contributed by atoms with E-state index in [0.717, 1.165) is 18.1 Å². The zero-order chi connectivity index (χ0) is 13.5. The lowest BCUT2D eigenvalue weighted by Gasteiger charge is -2.02. The topological polar surface area (TPSA) is 24.9 Å². The maximum absolute atomic E-state index is 4.60. The molecule has 2 rings (SSSR count). The maximum atomic E-state index is 4.60. The first-order valence-corrected chi connectivity index (χ1v) is 7.85. The van der Waals surface area contributed by atoms with E-state index in [-0.39, 0.29) is 0 Å². The molecule has 0 spiro atoms. The van der Waals surface area contributed by atoms with Crippen LogP contribution >= 0.6 is 11.3 Å². The van der Waals surface area contributed by atoms with Crippen molar-refractivity contribution < 1.29 is 0 Å². The van der Waals surface area contributed by atoms with E-state index in [1.165, 1.54) is 35.4 Å². The molecule has 0 aliphatic heterocycles. The highest BCUT2D eigenvalue weighted by Gasteiger charge is 2.06. The minimum atomic E-state index is 0.949. The van der Waals surface area contributed by atoms with Gasteiger partial charge in [0.05, 0.1) is 5.69 Å². The van der Waals surface area contributed by atoms with E-state index in [1.54, 1.807) is 0 Å². The number of unbranched alkanes of at least 4 members (excludes halogenated alkanes) is 1. The van der Waals surface area contributed by atoms with Crippen LogP contribution in [0.1, 0.15) is 35.9 Å². The van der Waals surface area contributed by atoms with E-state index in [0.29, 0.717) is 0 Å². The van der Waals surface area contributed by atoms with Gasteiger partial charge in [0.15, 0.2) is 5.13 Å². The van der Waals surface area contributed by atoms with Gasteiger partial charge in [-0.25, -0.2) is 4.98 Å². The second-order valence-electron chi connectivity index (χ2n) is 4.79. The molecular formula is C16H22N2S. The van der Waals surface area contributed by atoms with Crippen molar-refractivity contribution in [2.45, 2.75) is 39.5 Å². The summed E-state index contributed by atoms with van der Waals surface area (Å²) in [6.45, 7) is 5.30. The van der Waals surface area contributed by atoms with Gasteiger partial charge in [0.1, 0.15) is 0 Å². The highest BCUT2D eigenvalue weighted by Crippen LogP contribution is 2.24. The Bertz CT molecular complexity index is 491. The molecular weight excluding hydrogens is 252 g/mol. The van der Waals surface area contributed by atoms with E-state index >= 15 is 0 Å². The zero-order valence-corrected chi connectivity index (χ0v) is 12.6. The molecule has 0 amide bonds. The molecule has 102 valence electrons. The van der Waals surface area contributed by atoms with Gasteiger partial charge in [-0.15, -0.1) is 11.3 Å². The Morgan fingerprint density at radius 1 is 1.16 bits per heavy atom. The molecule has 0 unspecified atom stereocenters. The van der Waals surface area contributed by atoms with Gasteiger partial charge in [-0.05, 0) is 31.7 Å². The summed E-state index contributed by atoms with van der Waals surface area (Å²) in [6.07, 6.45) is 4.71. The van der Waals surface area contributed by atoms with Gasteiger partial charge in [-0.3, -0.25) is 0 Å². The fourth-order valence-electron chi connectivity index (χ4n) is 2.03. The summed E-state index contributed by atoms with van der Waals surface area (Å²) in [6, 6.07) is 10.6. The minimum Gasteiger partial charge on any atom is -0.361 e. The summed E-state index contributed by atoms with van der Waals surface area (Å²) in [5.41, 5.74) is 2.56. The smallest absolute Gasteiger partial charge is 0.183 e. The number of anilines is 1. The first-order chi connectivity index (χ1) is 9.29. The Balaban J connectivity index is 1.83. The van der Waals surface area contributed by atoms with Crippen molar-refractivity contribution in [3.05, 3.63) is 46.5 Å². The largest absolute Gasteiger partial charge is 0.361 e. The Hall–Kier alpha value is -1.35. The van der Waals surface area contributed by atoms with Crippen molar-refractivity contribution in [1.82, 2.24) is 4.98 Å². The van der Waals surface area contributed by atoms with E-state index in [9.17, 15) is 0 Å². The number of aromatic nitrogens is 1. The highest BCUT2D eigenvalue weighted by molar-refractivity contribution is 7.15. The summed E-state index contributed by atoms with van der Waals surface area (Å²) in [5.74, 6) is 0. The molecule has 0 radical (unpaired) electrons. The van der Waals surface area contributed by atoms with Crippen molar-refractivity contribution in [3.63, 3.8) is 0 Å². The van der Waals surface area contributed by atoms with Gasteiger partial charge in [0.2, 0.25) is 0 Å². The van der Waals surface area contributed by atoms with Gasteiger partial charge in [0, 0.05) is 11.4 Å². The molecule has 1 aromatic heterocycles. The van der Waals surface area contributed by atoms with E-state index in [1.807, 2.05) is 11.3 Å². The molecule has 1 aromatic carbocycles. The lowest BCUT2D eigenvalue weighted by atomic mass is 10.1. The average Bonchev–Trinajstić information content (AvgIpc) is 2.78. The number of hydrogen-bond acceptors (Lipinski definition) is 3. The number of nitrogens with one attached hydrogen (secondary N) is 1. The summed E-state index contributed by atoms with van der Waals surface area (Å²) >= 11 is 1.81. The lowest BCUT2D eigenvalue weighted by Crippen LogP contribution is -2.04. The van der Waals surface area contributed by atoms with Gasteiger partial charge in [-0.1, -0.05) is 43.7 Å². The SMILES string of the molecule is CCCCc1sc(NCCc2ccccc2)nc1C. The van der Waals surface area contributed by atoms with Crippen LogP contribution in [0.5, 0.6) is 0 Å². The molecule has 0 saturated carbocycles. The molecule has 1 heterocycles. The summed E-state index contributed by atoms with van der Waals surface area (Å²) in [7, 11) is 0. The molecule has 0 fully saturated rings. The average molecular weight is 274 g/mol. The normalized spacial score (nSPS) is 10.6. The number of hydrogen-bond donors (Lipinski definition) is 1. The number of rotatable bonds is 7. The van der Waals surface area contributed by atoms with Crippen LogP contribution in [-0.2, 0) is 12.8 Å². The van der Waals surface area contributed by atoms with Crippen LogP contribution in [0.4, 0.5) is 5.13 Å². The number of nitrogens with zero attached hydrogens (tertiary/aromatic N) is 1. The Kier molecular flexibility index (Phi) is 5.40. The van der Waals surface area contributed by atoms with Crippen molar-refractivity contribution in [1.29, 1.82) is 0 Å². The van der Waals surface area contributed by atoms with Crippen LogP contribution in [0, 0.1) is 6.92 Å². The predicted octanol–water partition coefficient (Wildman–Crippen LogP) is 4.45. The summed E-state index contributed by atoms with van der Waals surface area (Å²) in [5, 5.41) is 4.51. The first-order valence-electron chi connectivity index (χ1n) is 7.03. The molecule has 0 saturated heterocycles. The molecule has 2 aromatic rings. The van der Waals surface area contributed by atoms with E-state index in [2.05, 4.69) is 54.5 Å². The van der Waals surface area contributed by atoms with Crippen molar-refractivity contribution in [2.75, 3.05) is 11.9 Å². The molecule has 2 nitrogen and oxygen atoms in total. The monoisotopic (exact) mass is 274 g/mol. The van der Waals surface area contributed by atoms with Crippen LogP contribution in [-0.4, -0.2) is 11.5 Å². The van der Waals surface area contributed by atoms with Gasteiger partial charge in [-0.2, -0.15) is 0 Å². The van der Waals surface area contributed by atoms with E-state index < -0.39 is 0 Å². The molecule has 0 bridgehead atoms. The van der Waals surface area contributed by atoms with Crippen LogP contribution in [0.25, 0.3) is 0 Å². The van der Waals surface area contributed by atoms with E-state index in [4.69, 9.17) is 0 Å². The van der Waals surface area contributed by atoms with Gasteiger partial charge in [0.25, 0.3) is 0 Å². The third-order valence-corrected chi connectivity index (χ3v) is 4.36. The number of thiazole rings is 1. The standard InChI is InChI=1S/C16H22N2S/c1-3-4-10-15-13(2)18-16(19-15)17-12-11-14-8-6-5-7-9-14/h5-9H,3-4,10-12H2,1-2H3,(H,17,18). The Morgan fingerprint density at radius 3 is 2.68 bits per heavy atom.